The van der Waals surface area contributed by atoms with E-state index in [0.29, 0.717) is 6.54 Å². The van der Waals surface area contributed by atoms with Crippen LogP contribution in [0.4, 0.5) is 5.69 Å². The third kappa shape index (κ3) is 1.86. The molecule has 0 radical (unpaired) electrons. The second-order valence-electron chi connectivity index (χ2n) is 4.70. The Morgan fingerprint density at radius 3 is 3.06 bits per heavy atom. The lowest BCUT2D eigenvalue weighted by molar-refractivity contribution is 0.558. The molecule has 5 nitrogen and oxygen atoms in total. The largest absolute Gasteiger partial charge is 0.362 e. The first-order valence-corrected chi connectivity index (χ1v) is 6.19. The molecule has 0 unspecified atom stereocenters. The maximum atomic E-state index is 5.82. The fraction of sp³-hybridized carbons (Fsp3) is 0.385. The van der Waals surface area contributed by atoms with Crippen LogP contribution in [-0.4, -0.2) is 21.3 Å². The van der Waals surface area contributed by atoms with E-state index in [1.807, 2.05) is 0 Å². The van der Waals surface area contributed by atoms with Crippen LogP contribution in [0.5, 0.6) is 0 Å². The predicted molar refractivity (Wildman–Crippen MR) is 70.1 cm³/mol. The van der Waals surface area contributed by atoms with Gasteiger partial charge in [0, 0.05) is 25.3 Å². The van der Waals surface area contributed by atoms with Crippen molar-refractivity contribution in [3.05, 3.63) is 41.5 Å². The van der Waals surface area contributed by atoms with E-state index in [4.69, 9.17) is 5.73 Å². The predicted octanol–water partition coefficient (Wildman–Crippen LogP) is 1.07. The SMILES string of the molecule is Cc1ccc(CN)c(N2CCn3cnnc3C2)c1. The molecule has 2 aromatic rings. The minimum atomic E-state index is 0.568. The van der Waals surface area contributed by atoms with Crippen molar-refractivity contribution in [3.8, 4) is 0 Å². The molecule has 5 heteroatoms. The van der Waals surface area contributed by atoms with Crippen molar-refractivity contribution in [1.29, 1.82) is 0 Å². The van der Waals surface area contributed by atoms with Gasteiger partial charge in [-0.25, -0.2) is 0 Å². The molecule has 0 bridgehead atoms. The number of benzene rings is 1. The Labute approximate surface area is 106 Å². The summed E-state index contributed by atoms with van der Waals surface area (Å²) < 4.78 is 2.11. The Kier molecular flexibility index (Phi) is 2.76. The van der Waals surface area contributed by atoms with Gasteiger partial charge < -0.3 is 15.2 Å². The standard InChI is InChI=1S/C13H17N5/c1-10-2-3-11(7-14)12(6-10)17-4-5-18-9-15-16-13(18)8-17/h2-3,6,9H,4-5,7-8,14H2,1H3. The Morgan fingerprint density at radius 2 is 2.22 bits per heavy atom. The highest BCUT2D eigenvalue weighted by atomic mass is 15.3. The van der Waals surface area contributed by atoms with E-state index >= 15 is 0 Å². The van der Waals surface area contributed by atoms with Crippen molar-refractivity contribution in [2.75, 3.05) is 11.4 Å². The first kappa shape index (κ1) is 11.2. The first-order chi connectivity index (χ1) is 8.78. The molecule has 0 fully saturated rings. The van der Waals surface area contributed by atoms with E-state index in [2.05, 4.69) is 44.8 Å². The summed E-state index contributed by atoms with van der Waals surface area (Å²) in [5, 5.41) is 8.10. The second-order valence-corrected chi connectivity index (χ2v) is 4.70. The third-order valence-corrected chi connectivity index (χ3v) is 3.44. The van der Waals surface area contributed by atoms with E-state index in [1.54, 1.807) is 6.33 Å². The van der Waals surface area contributed by atoms with Gasteiger partial charge in [0.05, 0.1) is 6.54 Å². The molecule has 18 heavy (non-hydrogen) atoms. The van der Waals surface area contributed by atoms with Gasteiger partial charge in [-0.3, -0.25) is 0 Å². The number of rotatable bonds is 2. The van der Waals surface area contributed by atoms with Crippen LogP contribution in [0.3, 0.4) is 0 Å². The molecule has 0 saturated heterocycles. The average Bonchev–Trinajstić information content (AvgIpc) is 2.85. The summed E-state index contributed by atoms with van der Waals surface area (Å²) >= 11 is 0. The number of nitrogens with two attached hydrogens (primary N) is 1. The molecular formula is C13H17N5. The van der Waals surface area contributed by atoms with Gasteiger partial charge in [-0.1, -0.05) is 12.1 Å². The lowest BCUT2D eigenvalue weighted by Crippen LogP contribution is -2.34. The molecule has 0 aliphatic carbocycles. The van der Waals surface area contributed by atoms with Gasteiger partial charge >= 0.3 is 0 Å². The number of hydrogen-bond acceptors (Lipinski definition) is 4. The van der Waals surface area contributed by atoms with Crippen LogP contribution < -0.4 is 10.6 Å². The van der Waals surface area contributed by atoms with Gasteiger partial charge in [-0.2, -0.15) is 0 Å². The highest BCUT2D eigenvalue weighted by Crippen LogP contribution is 2.25. The van der Waals surface area contributed by atoms with Gasteiger partial charge in [0.2, 0.25) is 0 Å². The van der Waals surface area contributed by atoms with Crippen LogP contribution in [0, 0.1) is 6.92 Å². The lowest BCUT2D eigenvalue weighted by Gasteiger charge is -2.30. The number of fused-ring (bicyclic) bond motifs is 1. The van der Waals surface area contributed by atoms with Crippen LogP contribution in [0.25, 0.3) is 0 Å². The van der Waals surface area contributed by atoms with Gasteiger partial charge in [-0.05, 0) is 24.1 Å². The summed E-state index contributed by atoms with van der Waals surface area (Å²) in [6, 6.07) is 6.43. The van der Waals surface area contributed by atoms with Gasteiger partial charge in [0.25, 0.3) is 0 Å². The monoisotopic (exact) mass is 243 g/mol. The zero-order valence-corrected chi connectivity index (χ0v) is 10.5. The second kappa shape index (κ2) is 4.42. The number of aryl methyl sites for hydroxylation is 1. The fourth-order valence-electron chi connectivity index (χ4n) is 2.41. The number of anilines is 1. The molecule has 0 amide bonds. The van der Waals surface area contributed by atoms with Gasteiger partial charge in [0.15, 0.2) is 5.82 Å². The minimum Gasteiger partial charge on any atom is -0.362 e. The maximum absolute atomic E-state index is 5.82. The first-order valence-electron chi connectivity index (χ1n) is 6.19. The zero-order valence-electron chi connectivity index (χ0n) is 10.5. The fourth-order valence-corrected chi connectivity index (χ4v) is 2.41. The molecule has 1 aliphatic heterocycles. The quantitative estimate of drug-likeness (QED) is 0.857. The van der Waals surface area contributed by atoms with Crippen molar-refractivity contribution in [2.45, 2.75) is 26.6 Å². The molecule has 1 aromatic heterocycles. The van der Waals surface area contributed by atoms with Crippen molar-refractivity contribution in [2.24, 2.45) is 5.73 Å². The molecule has 1 aliphatic rings. The van der Waals surface area contributed by atoms with Crippen LogP contribution in [0.2, 0.25) is 0 Å². The third-order valence-electron chi connectivity index (χ3n) is 3.44. The van der Waals surface area contributed by atoms with Crippen LogP contribution >= 0.6 is 0 Å². The normalized spacial score (nSPS) is 14.7. The Morgan fingerprint density at radius 1 is 1.33 bits per heavy atom. The molecule has 3 rings (SSSR count). The van der Waals surface area contributed by atoms with E-state index in [9.17, 15) is 0 Å². The molecule has 0 saturated carbocycles. The molecule has 94 valence electrons. The Balaban J connectivity index is 1.94. The summed E-state index contributed by atoms with van der Waals surface area (Å²) in [6.45, 7) is 5.38. The molecule has 2 heterocycles. The molecule has 0 spiro atoms. The number of hydrogen-bond donors (Lipinski definition) is 1. The minimum absolute atomic E-state index is 0.568. The topological polar surface area (TPSA) is 60.0 Å². The van der Waals surface area contributed by atoms with Crippen LogP contribution in [0.1, 0.15) is 17.0 Å². The van der Waals surface area contributed by atoms with Crippen molar-refractivity contribution >= 4 is 5.69 Å². The average molecular weight is 243 g/mol. The summed E-state index contributed by atoms with van der Waals surface area (Å²) in [6.07, 6.45) is 1.80. The smallest absolute Gasteiger partial charge is 0.152 e. The van der Waals surface area contributed by atoms with Gasteiger partial charge in [0.1, 0.15) is 6.33 Å². The van der Waals surface area contributed by atoms with E-state index < -0.39 is 0 Å². The highest BCUT2D eigenvalue weighted by Gasteiger charge is 2.19. The Bertz CT molecular complexity index is 560. The summed E-state index contributed by atoms with van der Waals surface area (Å²) in [5.41, 5.74) is 9.50. The van der Waals surface area contributed by atoms with E-state index in [0.717, 1.165) is 25.5 Å². The maximum Gasteiger partial charge on any atom is 0.152 e. The molecule has 2 N–H and O–H groups in total. The van der Waals surface area contributed by atoms with Crippen molar-refractivity contribution < 1.29 is 0 Å². The highest BCUT2D eigenvalue weighted by molar-refractivity contribution is 5.55. The number of aromatic nitrogens is 3. The summed E-state index contributed by atoms with van der Waals surface area (Å²) in [7, 11) is 0. The summed E-state index contributed by atoms with van der Waals surface area (Å²) in [4.78, 5) is 2.33. The van der Waals surface area contributed by atoms with Gasteiger partial charge in [-0.15, -0.1) is 10.2 Å². The van der Waals surface area contributed by atoms with E-state index in [-0.39, 0.29) is 0 Å². The Hall–Kier alpha value is -1.88. The lowest BCUT2D eigenvalue weighted by atomic mass is 10.1. The van der Waals surface area contributed by atoms with Crippen LogP contribution in [0.15, 0.2) is 24.5 Å². The van der Waals surface area contributed by atoms with Crippen LogP contribution in [-0.2, 0) is 19.6 Å². The van der Waals surface area contributed by atoms with Crippen molar-refractivity contribution in [3.63, 3.8) is 0 Å². The summed E-state index contributed by atoms with van der Waals surface area (Å²) in [5.74, 6) is 1.02. The molecule has 1 aromatic carbocycles. The number of nitrogens with zero attached hydrogens (tertiary/aromatic N) is 4. The molecule has 0 atom stereocenters. The van der Waals surface area contributed by atoms with Crippen molar-refractivity contribution in [1.82, 2.24) is 14.8 Å². The van der Waals surface area contributed by atoms with E-state index in [1.165, 1.54) is 16.8 Å². The zero-order chi connectivity index (χ0) is 12.5. The molecular weight excluding hydrogens is 226 g/mol.